The van der Waals surface area contributed by atoms with Crippen molar-refractivity contribution in [3.8, 4) is 0 Å². The fourth-order valence-electron chi connectivity index (χ4n) is 1.73. The summed E-state index contributed by atoms with van der Waals surface area (Å²) in [6.45, 7) is 2.62. The van der Waals surface area contributed by atoms with Gasteiger partial charge in [-0.1, -0.05) is 13.0 Å². The number of thiophene rings is 2. The average Bonchev–Trinajstić information content (AvgIpc) is 3.12. The molecule has 2 heterocycles. The van der Waals surface area contributed by atoms with Gasteiger partial charge in [-0.25, -0.2) is 0 Å². The Kier molecular flexibility index (Phi) is 5.31. The van der Waals surface area contributed by atoms with Crippen molar-refractivity contribution in [2.75, 3.05) is 6.54 Å². The Bertz CT molecular complexity index is 576. The topological polar surface area (TPSA) is 58.2 Å². The van der Waals surface area contributed by atoms with Crippen LogP contribution in [-0.2, 0) is 17.8 Å². The molecule has 0 aromatic carbocycles. The first-order valence-corrected chi connectivity index (χ1v) is 8.10. The number of amides is 2. The molecule has 0 aliphatic heterocycles. The highest BCUT2D eigenvalue weighted by molar-refractivity contribution is 7.12. The van der Waals surface area contributed by atoms with Crippen LogP contribution in [0, 0.1) is 0 Å². The van der Waals surface area contributed by atoms with E-state index in [0.717, 1.165) is 6.42 Å². The van der Waals surface area contributed by atoms with Gasteiger partial charge in [-0.05, 0) is 34.9 Å². The summed E-state index contributed by atoms with van der Waals surface area (Å²) in [7, 11) is 0. The normalized spacial score (nSPS) is 10.2. The van der Waals surface area contributed by atoms with Gasteiger partial charge in [0.2, 0.25) is 5.91 Å². The molecule has 106 valence electrons. The molecule has 0 radical (unpaired) electrons. The van der Waals surface area contributed by atoms with Crippen molar-refractivity contribution in [3.63, 3.8) is 0 Å². The van der Waals surface area contributed by atoms with E-state index in [1.54, 1.807) is 17.4 Å². The van der Waals surface area contributed by atoms with E-state index in [-0.39, 0.29) is 18.4 Å². The third-order valence-electron chi connectivity index (χ3n) is 2.82. The van der Waals surface area contributed by atoms with Crippen molar-refractivity contribution in [2.45, 2.75) is 19.9 Å². The molecule has 2 rings (SSSR count). The zero-order valence-corrected chi connectivity index (χ0v) is 12.8. The predicted molar refractivity (Wildman–Crippen MR) is 82.2 cm³/mol. The van der Waals surface area contributed by atoms with Crippen LogP contribution in [0.1, 0.15) is 27.0 Å². The molecule has 20 heavy (non-hydrogen) atoms. The van der Waals surface area contributed by atoms with E-state index in [1.165, 1.54) is 21.8 Å². The van der Waals surface area contributed by atoms with Crippen molar-refractivity contribution >= 4 is 34.5 Å². The Labute approximate surface area is 125 Å². The first kappa shape index (κ1) is 14.7. The molecule has 2 amide bonds. The van der Waals surface area contributed by atoms with E-state index in [2.05, 4.69) is 23.6 Å². The molecule has 0 aliphatic rings. The van der Waals surface area contributed by atoms with Crippen LogP contribution in [0.25, 0.3) is 0 Å². The molecule has 0 atom stereocenters. The van der Waals surface area contributed by atoms with Crippen molar-refractivity contribution < 1.29 is 9.59 Å². The lowest BCUT2D eigenvalue weighted by Crippen LogP contribution is -2.36. The third-order valence-corrected chi connectivity index (χ3v) is 4.65. The standard InChI is InChI=1S/C14H16N2O2S2/c1-2-10-5-7-20-12(10)8-15-13(17)9-16-14(18)11-4-3-6-19-11/h3-7H,2,8-9H2,1H3,(H,15,17)(H,16,18). The molecule has 0 fully saturated rings. The summed E-state index contributed by atoms with van der Waals surface area (Å²) in [4.78, 5) is 25.1. The largest absolute Gasteiger partial charge is 0.350 e. The van der Waals surface area contributed by atoms with Crippen molar-refractivity contribution in [1.29, 1.82) is 0 Å². The van der Waals surface area contributed by atoms with Crippen LogP contribution >= 0.6 is 22.7 Å². The number of carbonyl (C=O) groups is 2. The molecule has 4 nitrogen and oxygen atoms in total. The van der Waals surface area contributed by atoms with E-state index in [0.29, 0.717) is 11.4 Å². The summed E-state index contributed by atoms with van der Waals surface area (Å²) in [6.07, 6.45) is 0.962. The molecular formula is C14H16N2O2S2. The summed E-state index contributed by atoms with van der Waals surface area (Å²) in [5.74, 6) is -0.383. The molecule has 0 saturated carbocycles. The molecule has 0 saturated heterocycles. The van der Waals surface area contributed by atoms with Gasteiger partial charge >= 0.3 is 0 Å². The highest BCUT2D eigenvalue weighted by Gasteiger charge is 2.09. The van der Waals surface area contributed by atoms with Crippen LogP contribution < -0.4 is 10.6 Å². The first-order valence-electron chi connectivity index (χ1n) is 6.34. The number of aryl methyl sites for hydroxylation is 1. The van der Waals surface area contributed by atoms with E-state index in [1.807, 2.05) is 16.8 Å². The first-order chi connectivity index (χ1) is 9.70. The Morgan fingerprint density at radius 1 is 1.15 bits per heavy atom. The molecule has 6 heteroatoms. The second-order valence-electron chi connectivity index (χ2n) is 4.16. The van der Waals surface area contributed by atoms with Crippen molar-refractivity contribution in [2.24, 2.45) is 0 Å². The minimum atomic E-state index is -0.208. The molecule has 0 unspecified atom stereocenters. The zero-order valence-electron chi connectivity index (χ0n) is 11.1. The molecule has 0 aliphatic carbocycles. The van der Waals surface area contributed by atoms with Gasteiger partial charge in [0.1, 0.15) is 0 Å². The smallest absolute Gasteiger partial charge is 0.261 e. The van der Waals surface area contributed by atoms with Gasteiger partial charge in [-0.3, -0.25) is 9.59 Å². The van der Waals surface area contributed by atoms with Crippen LogP contribution in [0.2, 0.25) is 0 Å². The lowest BCUT2D eigenvalue weighted by atomic mass is 10.2. The summed E-state index contributed by atoms with van der Waals surface area (Å²) < 4.78 is 0. The van der Waals surface area contributed by atoms with Gasteiger partial charge < -0.3 is 10.6 Å². The second kappa shape index (κ2) is 7.21. The minimum absolute atomic E-state index is 0.00354. The summed E-state index contributed by atoms with van der Waals surface area (Å²) >= 11 is 3.00. The van der Waals surface area contributed by atoms with Crippen LogP contribution in [0.3, 0.4) is 0 Å². The summed E-state index contributed by atoms with van der Waals surface area (Å²) in [6, 6.07) is 5.62. The molecule has 2 aromatic rings. The van der Waals surface area contributed by atoms with Gasteiger partial charge in [-0.15, -0.1) is 22.7 Å². The van der Waals surface area contributed by atoms with Crippen molar-refractivity contribution in [3.05, 3.63) is 44.3 Å². The minimum Gasteiger partial charge on any atom is -0.350 e. The Morgan fingerprint density at radius 2 is 2.00 bits per heavy atom. The van der Waals surface area contributed by atoms with Gasteiger partial charge in [0.05, 0.1) is 18.0 Å². The van der Waals surface area contributed by atoms with Crippen LogP contribution in [0.4, 0.5) is 0 Å². The van der Waals surface area contributed by atoms with Crippen LogP contribution in [-0.4, -0.2) is 18.4 Å². The number of rotatable bonds is 6. The molecule has 2 N–H and O–H groups in total. The predicted octanol–water partition coefficient (Wildman–Crippen LogP) is 2.42. The fraction of sp³-hybridized carbons (Fsp3) is 0.286. The van der Waals surface area contributed by atoms with Gasteiger partial charge in [0, 0.05) is 4.88 Å². The quantitative estimate of drug-likeness (QED) is 0.861. The van der Waals surface area contributed by atoms with Crippen LogP contribution in [0.15, 0.2) is 29.0 Å². The maximum absolute atomic E-state index is 11.7. The molecule has 0 spiro atoms. The van der Waals surface area contributed by atoms with Gasteiger partial charge in [-0.2, -0.15) is 0 Å². The fourth-order valence-corrected chi connectivity index (χ4v) is 3.29. The SMILES string of the molecule is CCc1ccsc1CNC(=O)CNC(=O)c1cccs1. The second-order valence-corrected chi connectivity index (χ2v) is 6.11. The van der Waals surface area contributed by atoms with Gasteiger partial charge in [0.15, 0.2) is 0 Å². The molecular weight excluding hydrogens is 292 g/mol. The Balaban J connectivity index is 1.75. The maximum Gasteiger partial charge on any atom is 0.261 e. The van der Waals surface area contributed by atoms with E-state index in [4.69, 9.17) is 0 Å². The average molecular weight is 308 g/mol. The van der Waals surface area contributed by atoms with E-state index < -0.39 is 0 Å². The highest BCUT2D eigenvalue weighted by atomic mass is 32.1. The Morgan fingerprint density at radius 3 is 2.70 bits per heavy atom. The Hall–Kier alpha value is -1.66. The molecule has 2 aromatic heterocycles. The lowest BCUT2D eigenvalue weighted by molar-refractivity contribution is -0.120. The summed E-state index contributed by atoms with van der Waals surface area (Å²) in [5.41, 5.74) is 1.26. The van der Waals surface area contributed by atoms with E-state index >= 15 is 0 Å². The summed E-state index contributed by atoms with van der Waals surface area (Å²) in [5, 5.41) is 9.29. The number of hydrogen-bond donors (Lipinski definition) is 2. The van der Waals surface area contributed by atoms with Gasteiger partial charge in [0.25, 0.3) is 5.91 Å². The third kappa shape index (κ3) is 3.91. The maximum atomic E-state index is 11.7. The van der Waals surface area contributed by atoms with Crippen LogP contribution in [0.5, 0.6) is 0 Å². The van der Waals surface area contributed by atoms with E-state index in [9.17, 15) is 9.59 Å². The van der Waals surface area contributed by atoms with Crippen molar-refractivity contribution in [1.82, 2.24) is 10.6 Å². The lowest BCUT2D eigenvalue weighted by Gasteiger charge is -2.06. The highest BCUT2D eigenvalue weighted by Crippen LogP contribution is 2.16. The zero-order chi connectivity index (χ0) is 14.4. The number of carbonyl (C=O) groups excluding carboxylic acids is 2. The monoisotopic (exact) mass is 308 g/mol. The number of hydrogen-bond acceptors (Lipinski definition) is 4. The number of nitrogens with one attached hydrogen (secondary N) is 2. The molecule has 0 bridgehead atoms.